The number of carbonyl (C=O) groups excluding carboxylic acids is 2. The maximum atomic E-state index is 13.5. The molecule has 10 heteroatoms. The number of amides is 1. The molecule has 0 saturated carbocycles. The predicted octanol–water partition coefficient (Wildman–Crippen LogP) is 19.2. The summed E-state index contributed by atoms with van der Waals surface area (Å²) in [6.07, 6.45) is 70.3. The zero-order valence-corrected chi connectivity index (χ0v) is 50.7. The van der Waals surface area contributed by atoms with Crippen molar-refractivity contribution in [2.75, 3.05) is 40.9 Å². The lowest BCUT2D eigenvalue weighted by molar-refractivity contribution is -0.870. The van der Waals surface area contributed by atoms with Gasteiger partial charge >= 0.3 is 13.8 Å². The van der Waals surface area contributed by atoms with Crippen LogP contribution in [0.15, 0.2) is 72.9 Å². The summed E-state index contributed by atoms with van der Waals surface area (Å²) in [5.74, 6) is -0.523. The third kappa shape index (κ3) is 56.0. The fraction of sp³-hybridized carbons (Fsp3) is 0.785. The lowest BCUT2D eigenvalue weighted by Crippen LogP contribution is -2.47. The van der Waals surface area contributed by atoms with Crippen molar-refractivity contribution in [2.24, 2.45) is 0 Å². The molecule has 0 spiro atoms. The summed E-state index contributed by atoms with van der Waals surface area (Å²) in [4.78, 5) is 37.7. The van der Waals surface area contributed by atoms with E-state index in [0.29, 0.717) is 17.4 Å². The van der Waals surface area contributed by atoms with Gasteiger partial charge in [0.2, 0.25) is 5.91 Å². The second-order valence-corrected chi connectivity index (χ2v) is 23.7. The number of rotatable bonds is 56. The van der Waals surface area contributed by atoms with Gasteiger partial charge in [-0.05, 0) is 102 Å². The second kappa shape index (κ2) is 54.8. The molecule has 0 aromatic heterocycles. The molecule has 0 aromatic carbocycles. The molecule has 0 rings (SSSR count). The Morgan fingerprint density at radius 1 is 0.467 bits per heavy atom. The van der Waals surface area contributed by atoms with E-state index in [-0.39, 0.29) is 31.5 Å². The number of esters is 1. The van der Waals surface area contributed by atoms with Crippen LogP contribution in [0.1, 0.15) is 278 Å². The van der Waals surface area contributed by atoms with Crippen molar-refractivity contribution < 1.29 is 37.3 Å². The highest BCUT2D eigenvalue weighted by Crippen LogP contribution is 2.43. The monoisotopic (exact) mass is 1070 g/mol. The van der Waals surface area contributed by atoms with Gasteiger partial charge in [0, 0.05) is 12.8 Å². The van der Waals surface area contributed by atoms with Crippen LogP contribution >= 0.6 is 7.82 Å². The number of carbonyl (C=O) groups is 2. The molecular formula is C65H120N2O7P+. The van der Waals surface area contributed by atoms with Crippen LogP contribution in [0.3, 0.4) is 0 Å². The number of nitrogens with zero attached hydrogens (tertiary/aromatic N) is 1. The van der Waals surface area contributed by atoms with Gasteiger partial charge in [-0.2, -0.15) is 0 Å². The minimum Gasteiger partial charge on any atom is -0.456 e. The first kappa shape index (κ1) is 72.5. The molecule has 1 amide bonds. The number of allylic oxidation sites excluding steroid dienone is 11. The maximum absolute atomic E-state index is 13.5. The van der Waals surface area contributed by atoms with Gasteiger partial charge < -0.3 is 19.4 Å². The average molecular weight is 1070 g/mol. The van der Waals surface area contributed by atoms with Crippen LogP contribution in [-0.4, -0.2) is 74.3 Å². The molecule has 436 valence electrons. The van der Waals surface area contributed by atoms with Crippen LogP contribution in [0.2, 0.25) is 0 Å². The molecule has 75 heavy (non-hydrogen) atoms. The first-order valence-electron chi connectivity index (χ1n) is 31.3. The Balaban J connectivity index is 5.24. The summed E-state index contributed by atoms with van der Waals surface area (Å²) >= 11 is 0. The molecule has 0 aliphatic carbocycles. The molecule has 0 aromatic rings. The van der Waals surface area contributed by atoms with Crippen molar-refractivity contribution in [1.82, 2.24) is 5.32 Å². The number of nitrogens with one attached hydrogen (secondary N) is 1. The van der Waals surface area contributed by atoms with Crippen LogP contribution in [0.4, 0.5) is 0 Å². The van der Waals surface area contributed by atoms with E-state index < -0.39 is 20.0 Å². The van der Waals surface area contributed by atoms with Crippen LogP contribution in [-0.2, 0) is 27.9 Å². The normalized spacial score (nSPS) is 14.2. The lowest BCUT2D eigenvalue weighted by atomic mass is 10.0. The van der Waals surface area contributed by atoms with E-state index in [1.807, 2.05) is 33.3 Å². The fourth-order valence-electron chi connectivity index (χ4n) is 8.74. The third-order valence-corrected chi connectivity index (χ3v) is 14.6. The van der Waals surface area contributed by atoms with Crippen molar-refractivity contribution in [3.8, 4) is 0 Å². The minimum absolute atomic E-state index is 0.0349. The van der Waals surface area contributed by atoms with E-state index in [2.05, 4.69) is 86.8 Å². The number of quaternary nitrogens is 1. The average Bonchev–Trinajstić information content (AvgIpc) is 3.37. The fourth-order valence-corrected chi connectivity index (χ4v) is 9.48. The van der Waals surface area contributed by atoms with Gasteiger partial charge in [-0.1, -0.05) is 235 Å². The summed E-state index contributed by atoms with van der Waals surface area (Å²) in [5, 5.41) is 3.05. The van der Waals surface area contributed by atoms with Crippen molar-refractivity contribution in [3.05, 3.63) is 72.9 Å². The molecule has 0 bridgehead atoms. The summed E-state index contributed by atoms with van der Waals surface area (Å²) in [7, 11) is 1.48. The maximum Gasteiger partial charge on any atom is 0.472 e. The lowest BCUT2D eigenvalue weighted by Gasteiger charge is -2.27. The quantitative estimate of drug-likeness (QED) is 0.0205. The summed E-state index contributed by atoms with van der Waals surface area (Å²) in [6, 6.07) is -0.858. The number of unbranched alkanes of at least 4 members (excludes halogenated alkanes) is 30. The van der Waals surface area contributed by atoms with Gasteiger partial charge in [0.15, 0.2) is 0 Å². The Labute approximate surface area is 463 Å². The van der Waals surface area contributed by atoms with Crippen molar-refractivity contribution in [3.63, 3.8) is 0 Å². The highest BCUT2D eigenvalue weighted by molar-refractivity contribution is 7.47. The molecule has 0 aliphatic rings. The van der Waals surface area contributed by atoms with Crippen LogP contribution in [0, 0.1) is 0 Å². The van der Waals surface area contributed by atoms with Crippen LogP contribution < -0.4 is 5.32 Å². The van der Waals surface area contributed by atoms with Gasteiger partial charge in [-0.25, -0.2) is 4.57 Å². The topological polar surface area (TPSA) is 111 Å². The predicted molar refractivity (Wildman–Crippen MR) is 323 cm³/mol. The van der Waals surface area contributed by atoms with Crippen LogP contribution in [0.25, 0.3) is 0 Å². The van der Waals surface area contributed by atoms with Gasteiger partial charge in [-0.15, -0.1) is 0 Å². The van der Waals surface area contributed by atoms with E-state index in [4.69, 9.17) is 13.8 Å². The Kier molecular flexibility index (Phi) is 52.9. The third-order valence-electron chi connectivity index (χ3n) is 13.6. The number of hydrogen-bond acceptors (Lipinski definition) is 6. The van der Waals surface area contributed by atoms with Crippen molar-refractivity contribution in [1.29, 1.82) is 0 Å². The largest absolute Gasteiger partial charge is 0.472 e. The van der Waals surface area contributed by atoms with Gasteiger partial charge in [0.05, 0.1) is 33.8 Å². The molecule has 0 fully saturated rings. The SMILES string of the molecule is CCCCC/C=C\C/C=C\C/C=C\CCCCCCCCC(=O)OC(/C=C/CCCCCCCCCCC)C(COP(=O)(O)OCC[N+](C)(C)C)NC(=O)CCCCCCCCCCC/C=C\C/C=C\CCCCC. The number of ether oxygens (including phenoxy) is 1. The molecule has 3 atom stereocenters. The van der Waals surface area contributed by atoms with E-state index in [0.717, 1.165) is 103 Å². The highest BCUT2D eigenvalue weighted by atomic mass is 31.2. The smallest absolute Gasteiger partial charge is 0.456 e. The summed E-state index contributed by atoms with van der Waals surface area (Å²) < 4.78 is 30.7. The zero-order chi connectivity index (χ0) is 55.0. The molecule has 9 nitrogen and oxygen atoms in total. The van der Waals surface area contributed by atoms with Crippen LogP contribution in [0.5, 0.6) is 0 Å². The van der Waals surface area contributed by atoms with E-state index in [1.54, 1.807) is 0 Å². The number of hydrogen-bond donors (Lipinski definition) is 2. The van der Waals surface area contributed by atoms with Crippen molar-refractivity contribution >= 4 is 19.7 Å². The first-order chi connectivity index (χ1) is 36.4. The molecule has 0 heterocycles. The van der Waals surface area contributed by atoms with Crippen molar-refractivity contribution in [2.45, 2.75) is 290 Å². The molecule has 0 saturated heterocycles. The molecule has 2 N–H and O–H groups in total. The Morgan fingerprint density at radius 2 is 0.813 bits per heavy atom. The summed E-state index contributed by atoms with van der Waals surface area (Å²) in [5.41, 5.74) is 0. The van der Waals surface area contributed by atoms with E-state index >= 15 is 0 Å². The molecular weight excluding hydrogens is 952 g/mol. The Morgan fingerprint density at radius 3 is 1.24 bits per heavy atom. The Bertz CT molecular complexity index is 1510. The standard InChI is InChI=1S/C65H119N2O7P/c1-7-10-13-16-19-22-25-27-29-31-33-35-37-39-42-45-48-51-54-57-64(68)66-62(61-73-75(70,71)72-60-59-67(4,5)6)63(56-53-50-47-44-41-24-21-18-15-12-9-3)74-65(69)58-55-52-49-46-43-40-38-36-34-32-30-28-26-23-20-17-14-11-8-2/h19-20,22-23,27-30,34,36,53,56,62-63H,7-18,21,24-26,31-33,35,37-52,54-55,57-61H2,1-6H3,(H-,66,68,70,71)/p+1/b22-19-,23-20-,29-27-,30-28-,36-34-,56-53+. The molecule has 0 aliphatic heterocycles. The number of phosphoric ester groups is 1. The number of likely N-dealkylation sites (N-methyl/N-ethyl adjacent to an activating group) is 1. The van der Waals surface area contributed by atoms with Gasteiger partial charge in [0.1, 0.15) is 19.3 Å². The van der Waals surface area contributed by atoms with E-state index in [1.165, 1.54) is 141 Å². The first-order valence-corrected chi connectivity index (χ1v) is 32.8. The van der Waals surface area contributed by atoms with E-state index in [9.17, 15) is 19.0 Å². The van der Waals surface area contributed by atoms with Gasteiger partial charge in [-0.3, -0.25) is 18.6 Å². The zero-order valence-electron chi connectivity index (χ0n) is 49.8. The molecule has 3 unspecified atom stereocenters. The second-order valence-electron chi connectivity index (χ2n) is 22.2. The minimum atomic E-state index is -4.45. The number of phosphoric acid groups is 1. The highest BCUT2D eigenvalue weighted by Gasteiger charge is 2.30. The molecule has 0 radical (unpaired) electrons. The Hall–Kier alpha value is -2.55. The summed E-state index contributed by atoms with van der Waals surface area (Å²) in [6.45, 7) is 6.95. The van der Waals surface area contributed by atoms with Gasteiger partial charge in [0.25, 0.3) is 0 Å².